The van der Waals surface area contributed by atoms with Gasteiger partial charge in [0.2, 0.25) is 0 Å². The summed E-state index contributed by atoms with van der Waals surface area (Å²) in [5, 5.41) is 0. The van der Waals surface area contributed by atoms with Crippen LogP contribution in [0.2, 0.25) is 0 Å². The Bertz CT molecular complexity index is 572. The van der Waals surface area contributed by atoms with Crippen molar-refractivity contribution in [3.8, 4) is 11.5 Å². The molecule has 0 aliphatic carbocycles. The highest BCUT2D eigenvalue weighted by molar-refractivity contribution is 9.10. The zero-order valence-electron chi connectivity index (χ0n) is 9.91. The maximum Gasteiger partial charge on any atom is 0.137 e. The normalized spacial score (nSPS) is 10.4. The molecule has 0 bridgehead atoms. The standard InChI is InChI=1S/C14H13BrFNO/c1-9-6-11(3-2-10(9)8-17)18-12-4-5-14(16)13(15)7-12/h2-7H,8,17H2,1H3. The fourth-order valence-corrected chi connectivity index (χ4v) is 2.00. The van der Waals surface area contributed by atoms with Crippen molar-refractivity contribution in [2.75, 3.05) is 0 Å². The van der Waals surface area contributed by atoms with Gasteiger partial charge in [-0.15, -0.1) is 0 Å². The Morgan fingerprint density at radius 1 is 1.17 bits per heavy atom. The molecule has 18 heavy (non-hydrogen) atoms. The SMILES string of the molecule is Cc1cc(Oc2ccc(F)c(Br)c2)ccc1CN. The van der Waals surface area contributed by atoms with Gasteiger partial charge < -0.3 is 10.5 Å². The summed E-state index contributed by atoms with van der Waals surface area (Å²) in [6.07, 6.45) is 0. The van der Waals surface area contributed by atoms with Crippen LogP contribution in [0.3, 0.4) is 0 Å². The summed E-state index contributed by atoms with van der Waals surface area (Å²) in [5.74, 6) is 0.989. The number of ether oxygens (including phenoxy) is 1. The van der Waals surface area contributed by atoms with Gasteiger partial charge in [-0.05, 0) is 64.3 Å². The maximum atomic E-state index is 13.1. The van der Waals surface area contributed by atoms with E-state index in [4.69, 9.17) is 10.5 Å². The molecule has 2 N–H and O–H groups in total. The summed E-state index contributed by atoms with van der Waals surface area (Å²) in [4.78, 5) is 0. The molecule has 4 heteroatoms. The van der Waals surface area contributed by atoms with E-state index < -0.39 is 0 Å². The average Bonchev–Trinajstić information content (AvgIpc) is 2.34. The monoisotopic (exact) mass is 309 g/mol. The smallest absolute Gasteiger partial charge is 0.137 e. The predicted molar refractivity (Wildman–Crippen MR) is 73.2 cm³/mol. The number of hydrogen-bond acceptors (Lipinski definition) is 2. The van der Waals surface area contributed by atoms with Gasteiger partial charge >= 0.3 is 0 Å². The van der Waals surface area contributed by atoms with E-state index in [2.05, 4.69) is 15.9 Å². The zero-order valence-corrected chi connectivity index (χ0v) is 11.5. The number of rotatable bonds is 3. The first kappa shape index (κ1) is 13.1. The van der Waals surface area contributed by atoms with Crippen LogP contribution >= 0.6 is 15.9 Å². The van der Waals surface area contributed by atoms with Crippen molar-refractivity contribution in [1.82, 2.24) is 0 Å². The minimum absolute atomic E-state index is 0.308. The van der Waals surface area contributed by atoms with E-state index in [-0.39, 0.29) is 5.82 Å². The van der Waals surface area contributed by atoms with Crippen molar-refractivity contribution in [2.24, 2.45) is 5.73 Å². The van der Waals surface area contributed by atoms with Crippen molar-refractivity contribution in [3.63, 3.8) is 0 Å². The van der Waals surface area contributed by atoms with E-state index in [1.54, 1.807) is 12.1 Å². The van der Waals surface area contributed by atoms with Crippen molar-refractivity contribution in [2.45, 2.75) is 13.5 Å². The Hall–Kier alpha value is -1.39. The van der Waals surface area contributed by atoms with Gasteiger partial charge in [0.25, 0.3) is 0 Å². The van der Waals surface area contributed by atoms with Crippen molar-refractivity contribution >= 4 is 15.9 Å². The Morgan fingerprint density at radius 2 is 1.83 bits per heavy atom. The van der Waals surface area contributed by atoms with E-state index in [0.29, 0.717) is 22.5 Å². The van der Waals surface area contributed by atoms with E-state index in [0.717, 1.165) is 11.1 Å². The van der Waals surface area contributed by atoms with Gasteiger partial charge in [0, 0.05) is 6.54 Å². The second-order valence-corrected chi connectivity index (χ2v) is 4.82. The van der Waals surface area contributed by atoms with Gasteiger partial charge in [0.05, 0.1) is 4.47 Å². The highest BCUT2D eigenvalue weighted by Gasteiger charge is 2.04. The van der Waals surface area contributed by atoms with Crippen molar-refractivity contribution in [3.05, 3.63) is 57.8 Å². The third-order valence-electron chi connectivity index (χ3n) is 2.66. The summed E-state index contributed by atoms with van der Waals surface area (Å²) in [6.45, 7) is 2.49. The zero-order chi connectivity index (χ0) is 13.1. The van der Waals surface area contributed by atoms with E-state index in [9.17, 15) is 4.39 Å². The van der Waals surface area contributed by atoms with Gasteiger partial charge in [-0.25, -0.2) is 4.39 Å². The summed E-state index contributed by atoms with van der Waals surface area (Å²) in [6, 6.07) is 10.3. The number of aryl methyl sites for hydroxylation is 1. The highest BCUT2D eigenvalue weighted by Crippen LogP contribution is 2.27. The van der Waals surface area contributed by atoms with Crippen LogP contribution in [0.4, 0.5) is 4.39 Å². The lowest BCUT2D eigenvalue weighted by Gasteiger charge is -2.09. The first-order valence-electron chi connectivity index (χ1n) is 5.52. The molecular formula is C14H13BrFNO. The molecule has 2 aromatic rings. The van der Waals surface area contributed by atoms with Gasteiger partial charge in [0.1, 0.15) is 17.3 Å². The molecule has 0 radical (unpaired) electrons. The minimum atomic E-state index is -0.308. The van der Waals surface area contributed by atoms with E-state index >= 15 is 0 Å². The molecule has 2 aromatic carbocycles. The number of halogens is 2. The Kier molecular flexibility index (Phi) is 3.99. The molecule has 0 heterocycles. The fraction of sp³-hybridized carbons (Fsp3) is 0.143. The predicted octanol–water partition coefficient (Wildman–Crippen LogP) is 4.15. The van der Waals surface area contributed by atoms with Gasteiger partial charge in [0.15, 0.2) is 0 Å². The molecule has 0 aliphatic heterocycles. The fourth-order valence-electron chi connectivity index (χ4n) is 1.64. The minimum Gasteiger partial charge on any atom is -0.457 e. The summed E-state index contributed by atoms with van der Waals surface area (Å²) < 4.78 is 19.1. The summed E-state index contributed by atoms with van der Waals surface area (Å²) in [7, 11) is 0. The van der Waals surface area contributed by atoms with Crippen LogP contribution in [0.25, 0.3) is 0 Å². The maximum absolute atomic E-state index is 13.1. The quantitative estimate of drug-likeness (QED) is 0.924. The first-order valence-corrected chi connectivity index (χ1v) is 6.32. The molecule has 94 valence electrons. The second-order valence-electron chi connectivity index (χ2n) is 3.97. The lowest BCUT2D eigenvalue weighted by Crippen LogP contribution is -1.98. The molecule has 0 unspecified atom stereocenters. The van der Waals surface area contributed by atoms with E-state index in [1.165, 1.54) is 6.07 Å². The Balaban J connectivity index is 2.23. The Morgan fingerprint density at radius 3 is 2.44 bits per heavy atom. The average molecular weight is 310 g/mol. The first-order chi connectivity index (χ1) is 8.60. The lowest BCUT2D eigenvalue weighted by molar-refractivity contribution is 0.479. The highest BCUT2D eigenvalue weighted by atomic mass is 79.9. The van der Waals surface area contributed by atoms with Crippen LogP contribution < -0.4 is 10.5 Å². The molecule has 0 atom stereocenters. The van der Waals surface area contributed by atoms with Gasteiger partial charge in [-0.1, -0.05) is 6.07 Å². The lowest BCUT2D eigenvalue weighted by atomic mass is 10.1. The molecule has 0 spiro atoms. The number of hydrogen-bond donors (Lipinski definition) is 1. The topological polar surface area (TPSA) is 35.2 Å². The largest absolute Gasteiger partial charge is 0.457 e. The summed E-state index contributed by atoms with van der Waals surface area (Å²) >= 11 is 3.13. The number of nitrogens with two attached hydrogens (primary N) is 1. The number of benzene rings is 2. The van der Waals surface area contributed by atoms with Crippen molar-refractivity contribution in [1.29, 1.82) is 0 Å². The Labute approximate surface area is 114 Å². The van der Waals surface area contributed by atoms with Crippen LogP contribution in [-0.2, 0) is 6.54 Å². The molecule has 0 aromatic heterocycles. The molecule has 0 aliphatic rings. The van der Waals surface area contributed by atoms with Crippen LogP contribution in [0.1, 0.15) is 11.1 Å². The third-order valence-corrected chi connectivity index (χ3v) is 3.27. The summed E-state index contributed by atoms with van der Waals surface area (Å²) in [5.41, 5.74) is 7.77. The van der Waals surface area contributed by atoms with Gasteiger partial charge in [-0.3, -0.25) is 0 Å². The molecule has 0 saturated heterocycles. The molecule has 0 amide bonds. The van der Waals surface area contributed by atoms with Gasteiger partial charge in [-0.2, -0.15) is 0 Å². The third kappa shape index (κ3) is 2.89. The second kappa shape index (κ2) is 5.50. The van der Waals surface area contributed by atoms with Crippen LogP contribution in [-0.4, -0.2) is 0 Å². The van der Waals surface area contributed by atoms with E-state index in [1.807, 2.05) is 25.1 Å². The van der Waals surface area contributed by atoms with Crippen LogP contribution in [0, 0.1) is 12.7 Å². The van der Waals surface area contributed by atoms with Crippen LogP contribution in [0.5, 0.6) is 11.5 Å². The van der Waals surface area contributed by atoms with Crippen LogP contribution in [0.15, 0.2) is 40.9 Å². The molecule has 2 rings (SSSR count). The molecule has 0 fully saturated rings. The molecular weight excluding hydrogens is 297 g/mol. The molecule has 0 saturated carbocycles. The van der Waals surface area contributed by atoms with Crippen molar-refractivity contribution < 1.29 is 9.13 Å². The molecule has 2 nitrogen and oxygen atoms in total.